The lowest BCUT2D eigenvalue weighted by molar-refractivity contribution is -0.182. The second kappa shape index (κ2) is 13.6. The molecule has 1 aliphatic rings. The molecule has 1 heterocycles. The summed E-state index contributed by atoms with van der Waals surface area (Å²) in [7, 11) is -4.09. The Bertz CT molecular complexity index is 1330. The predicted molar refractivity (Wildman–Crippen MR) is 159 cm³/mol. The van der Waals surface area contributed by atoms with E-state index >= 15 is 0 Å². The van der Waals surface area contributed by atoms with Crippen LogP contribution in [0, 0.1) is 0 Å². The molecule has 1 saturated heterocycles. The summed E-state index contributed by atoms with van der Waals surface area (Å²) in [6.45, 7) is 11.8. The SMILES string of the molecule is CC(C)(C)OC(=O)NC1CCN(c2ccc(C(=O)NCCC(=O)ON(C(C)(C)C)S(=O)(=O)c3ccccc3)cc2)CC1. The molecule has 0 saturated carbocycles. The molecule has 2 aromatic rings. The molecule has 0 bridgehead atoms. The third-order valence-corrected chi connectivity index (χ3v) is 8.24. The fourth-order valence-corrected chi connectivity index (χ4v) is 5.93. The topological polar surface area (TPSA) is 134 Å². The van der Waals surface area contributed by atoms with Crippen molar-refractivity contribution in [1.29, 1.82) is 0 Å². The van der Waals surface area contributed by atoms with E-state index in [1.807, 2.05) is 32.9 Å². The van der Waals surface area contributed by atoms with Gasteiger partial charge in [-0.25, -0.2) is 13.2 Å². The van der Waals surface area contributed by atoms with E-state index in [0.29, 0.717) is 10.0 Å². The van der Waals surface area contributed by atoms with E-state index in [1.54, 1.807) is 51.1 Å². The third-order valence-electron chi connectivity index (χ3n) is 6.32. The number of rotatable bonds is 9. The number of amides is 2. The van der Waals surface area contributed by atoms with Crippen LogP contribution >= 0.6 is 0 Å². The highest BCUT2D eigenvalue weighted by molar-refractivity contribution is 7.89. The molecular weight excluding hydrogens is 560 g/mol. The molecule has 1 fully saturated rings. The number of piperidine rings is 1. The highest BCUT2D eigenvalue weighted by Crippen LogP contribution is 2.25. The van der Waals surface area contributed by atoms with Gasteiger partial charge in [0.25, 0.3) is 15.9 Å². The standard InChI is InChI=1S/C30H42N4O7S/c1-29(2,3)34(42(38,39)25-10-8-7-9-11-25)41-26(35)16-19-31-27(36)22-12-14-24(15-13-22)33-20-17-23(18-21-33)32-28(37)40-30(4,5)6/h7-15,23H,16-21H2,1-6H3,(H,31,36)(H,32,37). The highest BCUT2D eigenvalue weighted by atomic mass is 32.2. The van der Waals surface area contributed by atoms with Gasteiger partial charge in [-0.15, -0.1) is 0 Å². The molecule has 42 heavy (non-hydrogen) atoms. The normalized spacial score (nSPS) is 14.8. The molecule has 0 spiro atoms. The van der Waals surface area contributed by atoms with Gasteiger partial charge in [0.2, 0.25) is 0 Å². The molecule has 3 rings (SSSR count). The first-order valence-corrected chi connectivity index (χ1v) is 15.4. The van der Waals surface area contributed by atoms with Crippen LogP contribution in [0.3, 0.4) is 0 Å². The predicted octanol–water partition coefficient (Wildman–Crippen LogP) is 4.25. The Labute approximate surface area is 248 Å². The van der Waals surface area contributed by atoms with Gasteiger partial charge < -0.3 is 25.1 Å². The Kier molecular flexibility index (Phi) is 10.6. The number of carbonyl (C=O) groups is 3. The molecule has 0 atom stereocenters. The van der Waals surface area contributed by atoms with Gasteiger partial charge in [0, 0.05) is 36.9 Å². The van der Waals surface area contributed by atoms with Crippen molar-refractivity contribution in [2.24, 2.45) is 0 Å². The van der Waals surface area contributed by atoms with Crippen molar-refractivity contribution in [1.82, 2.24) is 15.1 Å². The van der Waals surface area contributed by atoms with E-state index < -0.39 is 33.2 Å². The Morgan fingerprint density at radius 1 is 0.929 bits per heavy atom. The van der Waals surface area contributed by atoms with Crippen LogP contribution in [0.2, 0.25) is 0 Å². The van der Waals surface area contributed by atoms with Gasteiger partial charge in [0.05, 0.1) is 16.9 Å². The number of ether oxygens (including phenoxy) is 1. The Morgan fingerprint density at radius 2 is 1.52 bits per heavy atom. The molecule has 2 aromatic carbocycles. The first kappa shape index (κ1) is 32.9. The fourth-order valence-electron chi connectivity index (χ4n) is 4.33. The molecule has 11 nitrogen and oxygen atoms in total. The molecule has 12 heteroatoms. The molecule has 0 unspecified atom stereocenters. The zero-order valence-electron chi connectivity index (χ0n) is 25.2. The summed E-state index contributed by atoms with van der Waals surface area (Å²) in [5.41, 5.74) is -0.176. The molecule has 1 aliphatic heterocycles. The average Bonchev–Trinajstić information content (AvgIpc) is 2.91. The minimum absolute atomic E-state index is 0.00584. The minimum Gasteiger partial charge on any atom is -0.444 e. The second-order valence-electron chi connectivity index (χ2n) is 12.1. The van der Waals surface area contributed by atoms with Crippen LogP contribution in [0.5, 0.6) is 0 Å². The Hall–Kier alpha value is -3.64. The Balaban J connectivity index is 1.47. The molecule has 2 amide bonds. The number of alkyl carbamates (subject to hydrolysis) is 1. The van der Waals surface area contributed by atoms with Crippen molar-refractivity contribution >= 4 is 33.7 Å². The first-order valence-electron chi connectivity index (χ1n) is 14.0. The first-order chi connectivity index (χ1) is 19.6. The van der Waals surface area contributed by atoms with Crippen molar-refractivity contribution in [2.45, 2.75) is 82.9 Å². The van der Waals surface area contributed by atoms with E-state index in [9.17, 15) is 22.8 Å². The van der Waals surface area contributed by atoms with Crippen LogP contribution in [-0.2, 0) is 24.4 Å². The summed E-state index contributed by atoms with van der Waals surface area (Å²) >= 11 is 0. The number of benzene rings is 2. The fraction of sp³-hybridized carbons (Fsp3) is 0.500. The van der Waals surface area contributed by atoms with Crippen molar-refractivity contribution in [2.75, 3.05) is 24.5 Å². The maximum absolute atomic E-state index is 13.1. The van der Waals surface area contributed by atoms with Gasteiger partial charge in [-0.2, -0.15) is 0 Å². The lowest BCUT2D eigenvalue weighted by Crippen LogP contribution is -2.46. The van der Waals surface area contributed by atoms with E-state index in [0.717, 1.165) is 31.6 Å². The van der Waals surface area contributed by atoms with Crippen molar-refractivity contribution in [3.63, 3.8) is 0 Å². The number of carbonyl (C=O) groups excluding carboxylic acids is 3. The van der Waals surface area contributed by atoms with Gasteiger partial charge in [-0.1, -0.05) is 18.2 Å². The third kappa shape index (κ3) is 9.45. The van der Waals surface area contributed by atoms with Gasteiger partial charge in [-0.05, 0) is 95.3 Å². The van der Waals surface area contributed by atoms with Crippen LogP contribution in [0.1, 0.15) is 71.2 Å². The lowest BCUT2D eigenvalue weighted by Gasteiger charge is -2.34. The van der Waals surface area contributed by atoms with Crippen LogP contribution < -0.4 is 15.5 Å². The average molecular weight is 603 g/mol. The number of hydroxylamine groups is 1. The quantitative estimate of drug-likeness (QED) is 0.407. The smallest absolute Gasteiger partial charge is 0.407 e. The van der Waals surface area contributed by atoms with Gasteiger partial charge in [0.1, 0.15) is 5.60 Å². The van der Waals surface area contributed by atoms with E-state index in [1.165, 1.54) is 12.1 Å². The number of hydrogen-bond donors (Lipinski definition) is 2. The van der Waals surface area contributed by atoms with E-state index in [4.69, 9.17) is 9.57 Å². The number of hydrogen-bond acceptors (Lipinski definition) is 8. The zero-order chi connectivity index (χ0) is 31.1. The molecule has 230 valence electrons. The summed E-state index contributed by atoms with van der Waals surface area (Å²) in [5, 5.41) is 5.60. The van der Waals surface area contributed by atoms with Crippen LogP contribution in [0.15, 0.2) is 59.5 Å². The number of nitrogens with one attached hydrogen (secondary N) is 2. The highest BCUT2D eigenvalue weighted by Gasteiger charge is 2.38. The summed E-state index contributed by atoms with van der Waals surface area (Å²) in [6, 6.07) is 14.9. The lowest BCUT2D eigenvalue weighted by atomic mass is 10.0. The number of sulfonamides is 1. The number of anilines is 1. The molecule has 0 aromatic heterocycles. The zero-order valence-corrected chi connectivity index (χ0v) is 26.0. The van der Waals surface area contributed by atoms with Gasteiger partial charge >= 0.3 is 12.1 Å². The summed E-state index contributed by atoms with van der Waals surface area (Å²) in [4.78, 5) is 44.7. The van der Waals surface area contributed by atoms with E-state index in [2.05, 4.69) is 15.5 Å². The largest absolute Gasteiger partial charge is 0.444 e. The summed E-state index contributed by atoms with van der Waals surface area (Å²) in [6.07, 6.45) is 0.925. The van der Waals surface area contributed by atoms with Crippen LogP contribution in [-0.4, -0.2) is 67.7 Å². The minimum atomic E-state index is -4.09. The van der Waals surface area contributed by atoms with Gasteiger partial charge in [-0.3, -0.25) is 9.59 Å². The van der Waals surface area contributed by atoms with Crippen LogP contribution in [0.4, 0.5) is 10.5 Å². The van der Waals surface area contributed by atoms with Crippen LogP contribution in [0.25, 0.3) is 0 Å². The maximum Gasteiger partial charge on any atom is 0.407 e. The van der Waals surface area contributed by atoms with E-state index in [-0.39, 0.29) is 29.8 Å². The molecule has 0 radical (unpaired) electrons. The summed E-state index contributed by atoms with van der Waals surface area (Å²) in [5.74, 6) is -1.15. The molecule has 2 N–H and O–H groups in total. The monoisotopic (exact) mass is 602 g/mol. The second-order valence-corrected chi connectivity index (χ2v) is 13.9. The van der Waals surface area contributed by atoms with Crippen molar-refractivity contribution < 1.29 is 32.4 Å². The number of nitrogens with zero attached hydrogens (tertiary/aromatic N) is 2. The van der Waals surface area contributed by atoms with Crippen molar-refractivity contribution in [3.05, 3.63) is 60.2 Å². The van der Waals surface area contributed by atoms with Crippen molar-refractivity contribution in [3.8, 4) is 0 Å². The van der Waals surface area contributed by atoms with Gasteiger partial charge in [0.15, 0.2) is 0 Å². The Morgan fingerprint density at radius 3 is 2.07 bits per heavy atom. The summed E-state index contributed by atoms with van der Waals surface area (Å²) < 4.78 is 32.2. The maximum atomic E-state index is 13.1. The molecule has 0 aliphatic carbocycles. The molecular formula is C30H42N4O7S.